The molecule has 1 aliphatic heterocycles. The topological polar surface area (TPSA) is 29.3 Å². The van der Waals surface area contributed by atoms with Crippen molar-refractivity contribution in [3.05, 3.63) is 21.9 Å². The quantitative estimate of drug-likeness (QED) is 0.834. The summed E-state index contributed by atoms with van der Waals surface area (Å²) in [6.07, 6.45) is 1.24. The molecule has 0 amide bonds. The highest BCUT2D eigenvalue weighted by molar-refractivity contribution is 7.10. The number of nitrogens with zero attached hydrogens (tertiary/aromatic N) is 1. The zero-order valence-electron chi connectivity index (χ0n) is 9.57. The Morgan fingerprint density at radius 3 is 3.00 bits per heavy atom. The van der Waals surface area contributed by atoms with Crippen LogP contribution in [0.15, 0.2) is 11.4 Å². The van der Waals surface area contributed by atoms with Crippen molar-refractivity contribution in [2.75, 3.05) is 13.1 Å². The van der Waals surface area contributed by atoms with Gasteiger partial charge in [0, 0.05) is 24.0 Å². The van der Waals surface area contributed by atoms with Crippen molar-refractivity contribution in [2.24, 2.45) is 11.7 Å². The van der Waals surface area contributed by atoms with Crippen LogP contribution in [-0.2, 0) is 6.54 Å². The van der Waals surface area contributed by atoms with Gasteiger partial charge in [0.2, 0.25) is 0 Å². The summed E-state index contributed by atoms with van der Waals surface area (Å²) in [7, 11) is 0. The van der Waals surface area contributed by atoms with Crippen molar-refractivity contribution < 1.29 is 0 Å². The van der Waals surface area contributed by atoms with Crippen LogP contribution < -0.4 is 5.73 Å². The SMILES string of the molecule is Cc1ccsc1CN1CCC(C)C(N)C1. The van der Waals surface area contributed by atoms with Gasteiger partial charge in [-0.2, -0.15) is 0 Å². The van der Waals surface area contributed by atoms with Crippen LogP contribution in [0.4, 0.5) is 0 Å². The van der Waals surface area contributed by atoms with E-state index < -0.39 is 0 Å². The molecule has 1 saturated heterocycles. The van der Waals surface area contributed by atoms with Crippen molar-refractivity contribution in [3.8, 4) is 0 Å². The number of piperidine rings is 1. The molecule has 0 aromatic carbocycles. The fraction of sp³-hybridized carbons (Fsp3) is 0.667. The second kappa shape index (κ2) is 4.64. The first-order valence-electron chi connectivity index (χ1n) is 5.67. The van der Waals surface area contributed by atoms with E-state index in [1.807, 2.05) is 11.3 Å². The fourth-order valence-electron chi connectivity index (χ4n) is 2.08. The molecular formula is C12H20N2S. The molecule has 2 N–H and O–H groups in total. The molecule has 84 valence electrons. The number of aryl methyl sites for hydroxylation is 1. The van der Waals surface area contributed by atoms with E-state index in [1.54, 1.807) is 0 Å². The first-order chi connectivity index (χ1) is 7.16. The van der Waals surface area contributed by atoms with E-state index in [9.17, 15) is 0 Å². The number of hydrogen-bond donors (Lipinski definition) is 1. The van der Waals surface area contributed by atoms with Crippen LogP contribution in [0, 0.1) is 12.8 Å². The maximum atomic E-state index is 6.10. The van der Waals surface area contributed by atoms with Crippen LogP contribution in [0.2, 0.25) is 0 Å². The standard InChI is InChI=1S/C12H20N2S/c1-9-3-5-14(7-11(9)13)8-12-10(2)4-6-15-12/h4,6,9,11H,3,5,7-8,13H2,1-2H3. The average molecular weight is 224 g/mol. The predicted molar refractivity (Wildman–Crippen MR) is 66.1 cm³/mol. The molecule has 2 unspecified atom stereocenters. The molecule has 1 aliphatic rings. The van der Waals surface area contributed by atoms with Crippen molar-refractivity contribution >= 4 is 11.3 Å². The zero-order valence-corrected chi connectivity index (χ0v) is 10.4. The van der Waals surface area contributed by atoms with Gasteiger partial charge in [0.1, 0.15) is 0 Å². The van der Waals surface area contributed by atoms with Crippen LogP contribution in [0.3, 0.4) is 0 Å². The Balaban J connectivity index is 1.94. The molecule has 2 atom stereocenters. The van der Waals surface area contributed by atoms with E-state index in [0.29, 0.717) is 12.0 Å². The molecule has 0 spiro atoms. The van der Waals surface area contributed by atoms with E-state index in [2.05, 4.69) is 30.2 Å². The molecule has 1 fully saturated rings. The lowest BCUT2D eigenvalue weighted by molar-refractivity contribution is 0.163. The number of thiophene rings is 1. The summed E-state index contributed by atoms with van der Waals surface area (Å²) in [5, 5.41) is 2.18. The highest BCUT2D eigenvalue weighted by atomic mass is 32.1. The maximum absolute atomic E-state index is 6.10. The molecule has 0 radical (unpaired) electrons. The molecule has 3 heteroatoms. The first-order valence-corrected chi connectivity index (χ1v) is 6.55. The van der Waals surface area contributed by atoms with Gasteiger partial charge in [-0.1, -0.05) is 6.92 Å². The van der Waals surface area contributed by atoms with Crippen molar-refractivity contribution in [2.45, 2.75) is 32.9 Å². The molecule has 0 saturated carbocycles. The van der Waals surface area contributed by atoms with E-state index in [0.717, 1.165) is 13.1 Å². The Morgan fingerprint density at radius 2 is 2.40 bits per heavy atom. The number of nitrogens with two attached hydrogens (primary N) is 1. The number of hydrogen-bond acceptors (Lipinski definition) is 3. The molecule has 2 heterocycles. The summed E-state index contributed by atoms with van der Waals surface area (Å²) < 4.78 is 0. The van der Waals surface area contributed by atoms with Crippen LogP contribution in [0.1, 0.15) is 23.8 Å². The minimum absolute atomic E-state index is 0.360. The Kier molecular flexibility index (Phi) is 3.44. The molecule has 1 aromatic heterocycles. The largest absolute Gasteiger partial charge is 0.326 e. The van der Waals surface area contributed by atoms with Gasteiger partial charge in [-0.3, -0.25) is 4.90 Å². The van der Waals surface area contributed by atoms with Crippen LogP contribution >= 0.6 is 11.3 Å². The highest BCUT2D eigenvalue weighted by Crippen LogP contribution is 2.21. The predicted octanol–water partition coefficient (Wildman–Crippen LogP) is 2.23. The number of rotatable bonds is 2. The molecule has 0 bridgehead atoms. The lowest BCUT2D eigenvalue weighted by Gasteiger charge is -2.34. The molecule has 1 aromatic rings. The highest BCUT2D eigenvalue weighted by Gasteiger charge is 2.23. The van der Waals surface area contributed by atoms with Gasteiger partial charge in [-0.25, -0.2) is 0 Å². The van der Waals surface area contributed by atoms with Crippen molar-refractivity contribution in [1.82, 2.24) is 4.90 Å². The van der Waals surface area contributed by atoms with E-state index in [4.69, 9.17) is 5.73 Å². The average Bonchev–Trinajstić information content (AvgIpc) is 2.59. The monoisotopic (exact) mass is 224 g/mol. The molecule has 15 heavy (non-hydrogen) atoms. The Hall–Kier alpha value is -0.380. The van der Waals surface area contributed by atoms with Crippen LogP contribution in [0.5, 0.6) is 0 Å². The third-order valence-electron chi connectivity index (χ3n) is 3.44. The zero-order chi connectivity index (χ0) is 10.8. The fourth-order valence-corrected chi connectivity index (χ4v) is 3.03. The third-order valence-corrected chi connectivity index (χ3v) is 4.44. The molecule has 2 rings (SSSR count). The normalized spacial score (nSPS) is 28.2. The van der Waals surface area contributed by atoms with Crippen molar-refractivity contribution in [1.29, 1.82) is 0 Å². The lowest BCUT2D eigenvalue weighted by atomic mass is 9.94. The molecular weight excluding hydrogens is 204 g/mol. The first kappa shape index (κ1) is 11.1. The maximum Gasteiger partial charge on any atom is 0.0331 e. The minimum Gasteiger partial charge on any atom is -0.326 e. The van der Waals surface area contributed by atoms with E-state index in [1.165, 1.54) is 23.4 Å². The van der Waals surface area contributed by atoms with Gasteiger partial charge in [-0.05, 0) is 42.8 Å². The summed E-state index contributed by atoms with van der Waals surface area (Å²) in [5.74, 6) is 0.686. The van der Waals surface area contributed by atoms with Gasteiger partial charge >= 0.3 is 0 Å². The smallest absolute Gasteiger partial charge is 0.0331 e. The van der Waals surface area contributed by atoms with Crippen molar-refractivity contribution in [3.63, 3.8) is 0 Å². The summed E-state index contributed by atoms with van der Waals surface area (Å²) in [5.41, 5.74) is 7.52. The summed E-state index contributed by atoms with van der Waals surface area (Å²) in [6, 6.07) is 2.56. The Bertz CT molecular complexity index is 321. The van der Waals surface area contributed by atoms with Gasteiger partial charge in [0.05, 0.1) is 0 Å². The molecule has 0 aliphatic carbocycles. The van der Waals surface area contributed by atoms with E-state index >= 15 is 0 Å². The van der Waals surface area contributed by atoms with Gasteiger partial charge in [0.25, 0.3) is 0 Å². The number of likely N-dealkylation sites (tertiary alicyclic amines) is 1. The minimum atomic E-state index is 0.360. The molecule has 2 nitrogen and oxygen atoms in total. The second-order valence-corrected chi connectivity index (χ2v) is 5.69. The Morgan fingerprint density at radius 1 is 1.60 bits per heavy atom. The Labute approximate surface area is 96.1 Å². The lowest BCUT2D eigenvalue weighted by Crippen LogP contribution is -2.47. The summed E-state index contributed by atoms with van der Waals surface area (Å²) >= 11 is 1.86. The third kappa shape index (κ3) is 2.60. The van der Waals surface area contributed by atoms with Crippen LogP contribution in [-0.4, -0.2) is 24.0 Å². The summed E-state index contributed by atoms with van der Waals surface area (Å²) in [4.78, 5) is 3.99. The summed E-state index contributed by atoms with van der Waals surface area (Å²) in [6.45, 7) is 7.80. The second-order valence-electron chi connectivity index (χ2n) is 4.69. The van der Waals surface area contributed by atoms with Gasteiger partial charge in [0.15, 0.2) is 0 Å². The van der Waals surface area contributed by atoms with E-state index in [-0.39, 0.29) is 0 Å². The van der Waals surface area contributed by atoms with Crippen LogP contribution in [0.25, 0.3) is 0 Å². The van der Waals surface area contributed by atoms with Gasteiger partial charge < -0.3 is 5.73 Å². The van der Waals surface area contributed by atoms with Gasteiger partial charge in [-0.15, -0.1) is 11.3 Å².